The molecule has 4 nitrogen and oxygen atoms in total. The van der Waals surface area contributed by atoms with Crippen LogP contribution in [0, 0.1) is 18.3 Å². The van der Waals surface area contributed by atoms with E-state index in [1.165, 1.54) is 4.68 Å². The first-order valence-electron chi connectivity index (χ1n) is 6.14. The number of alkyl halides is 3. The van der Waals surface area contributed by atoms with E-state index in [1.807, 2.05) is 0 Å². The molecule has 1 aromatic rings. The van der Waals surface area contributed by atoms with Gasteiger partial charge in [-0.05, 0) is 19.4 Å². The molecule has 1 fully saturated rings. The van der Waals surface area contributed by atoms with E-state index < -0.39 is 11.9 Å². The molecule has 0 N–H and O–H groups in total. The maximum atomic E-state index is 12.6. The normalized spacial score (nSPS) is 20.7. The van der Waals surface area contributed by atoms with E-state index in [2.05, 4.69) is 16.1 Å². The highest BCUT2D eigenvalue weighted by molar-refractivity contribution is 5.13. The van der Waals surface area contributed by atoms with Gasteiger partial charge in [-0.15, -0.1) is 0 Å². The van der Waals surface area contributed by atoms with Crippen LogP contribution in [0.4, 0.5) is 13.2 Å². The lowest BCUT2D eigenvalue weighted by Crippen LogP contribution is -2.23. The zero-order valence-electron chi connectivity index (χ0n) is 10.6. The lowest BCUT2D eigenvalue weighted by atomic mass is 10.2. The molecular formula is C12H15F3N4. The van der Waals surface area contributed by atoms with Crippen LogP contribution in [-0.2, 0) is 6.18 Å². The summed E-state index contributed by atoms with van der Waals surface area (Å²) in [7, 11) is 0. The topological polar surface area (TPSA) is 44.9 Å². The van der Waals surface area contributed by atoms with E-state index in [9.17, 15) is 13.2 Å². The van der Waals surface area contributed by atoms with Gasteiger partial charge in [-0.3, -0.25) is 4.68 Å². The van der Waals surface area contributed by atoms with Crippen molar-refractivity contribution < 1.29 is 13.2 Å². The molecule has 0 bridgehead atoms. The summed E-state index contributed by atoms with van der Waals surface area (Å²) in [5.41, 5.74) is -0.306. The van der Waals surface area contributed by atoms with Crippen LogP contribution in [0.3, 0.4) is 0 Å². The molecule has 1 aromatic heterocycles. The Kier molecular flexibility index (Phi) is 3.80. The number of hydrogen-bond donors (Lipinski definition) is 0. The summed E-state index contributed by atoms with van der Waals surface area (Å²) in [5.74, 6) is 0. The smallest absolute Gasteiger partial charge is 0.300 e. The zero-order chi connectivity index (χ0) is 14.0. The van der Waals surface area contributed by atoms with Crippen LogP contribution in [-0.4, -0.2) is 34.3 Å². The van der Waals surface area contributed by atoms with Crippen LogP contribution in [0.1, 0.15) is 30.3 Å². The van der Waals surface area contributed by atoms with E-state index >= 15 is 0 Å². The number of aromatic nitrogens is 2. The summed E-state index contributed by atoms with van der Waals surface area (Å²) in [5, 5.41) is 12.2. The Morgan fingerprint density at radius 3 is 2.84 bits per heavy atom. The second-order valence-electron chi connectivity index (χ2n) is 4.76. The summed E-state index contributed by atoms with van der Waals surface area (Å²) in [6.45, 7) is 3.76. The number of halogens is 3. The second-order valence-corrected chi connectivity index (χ2v) is 4.76. The summed E-state index contributed by atoms with van der Waals surface area (Å²) < 4.78 is 39.2. The molecule has 2 rings (SSSR count). The van der Waals surface area contributed by atoms with Crippen LogP contribution in [0.5, 0.6) is 0 Å². The third-order valence-corrected chi connectivity index (χ3v) is 3.35. The minimum atomic E-state index is -4.39. The fourth-order valence-electron chi connectivity index (χ4n) is 2.42. The lowest BCUT2D eigenvalue weighted by molar-refractivity contribution is -0.141. The largest absolute Gasteiger partial charge is 0.435 e. The van der Waals surface area contributed by atoms with Crippen molar-refractivity contribution in [3.63, 3.8) is 0 Å². The molecule has 2 heterocycles. The first kappa shape index (κ1) is 13.9. The quantitative estimate of drug-likeness (QED) is 0.848. The Morgan fingerprint density at radius 2 is 2.26 bits per heavy atom. The van der Waals surface area contributed by atoms with Crippen LogP contribution in [0.15, 0.2) is 6.07 Å². The monoisotopic (exact) mass is 272 g/mol. The van der Waals surface area contributed by atoms with E-state index in [0.29, 0.717) is 25.2 Å². The number of nitrogens with zero attached hydrogens (tertiary/aromatic N) is 4. The Bertz CT molecular complexity index is 486. The number of rotatable bonds is 3. The van der Waals surface area contributed by atoms with Gasteiger partial charge >= 0.3 is 6.18 Å². The number of likely N-dealkylation sites (tertiary alicyclic amines) is 1. The Labute approximate surface area is 109 Å². The van der Waals surface area contributed by atoms with E-state index in [1.54, 1.807) is 6.92 Å². The maximum Gasteiger partial charge on any atom is 0.435 e. The van der Waals surface area contributed by atoms with Crippen molar-refractivity contribution in [2.75, 3.05) is 19.6 Å². The van der Waals surface area contributed by atoms with E-state index in [0.717, 1.165) is 19.0 Å². The molecular weight excluding hydrogens is 257 g/mol. The summed E-state index contributed by atoms with van der Waals surface area (Å²) in [6.07, 6.45) is -3.18. The standard InChI is InChI=1S/C12H15F3N4/c1-9-7-11(12(13,14)15)17-19(9)10-3-6-18(8-10)5-2-4-16/h7,10H,2-3,5-6,8H2,1H3. The summed E-state index contributed by atoms with van der Waals surface area (Å²) >= 11 is 0. The molecule has 1 atom stereocenters. The van der Waals surface area contributed by atoms with E-state index in [-0.39, 0.29) is 6.04 Å². The summed E-state index contributed by atoms with van der Waals surface area (Å²) in [4.78, 5) is 2.09. The predicted molar refractivity (Wildman–Crippen MR) is 62.3 cm³/mol. The highest BCUT2D eigenvalue weighted by Crippen LogP contribution is 2.31. The fraction of sp³-hybridized carbons (Fsp3) is 0.667. The van der Waals surface area contributed by atoms with Gasteiger partial charge in [0.15, 0.2) is 5.69 Å². The average Bonchev–Trinajstić information content (AvgIpc) is 2.91. The maximum absolute atomic E-state index is 12.6. The van der Waals surface area contributed by atoms with Gasteiger partial charge in [0.05, 0.1) is 12.1 Å². The van der Waals surface area contributed by atoms with Crippen LogP contribution in [0.25, 0.3) is 0 Å². The highest BCUT2D eigenvalue weighted by Gasteiger charge is 2.36. The molecule has 1 saturated heterocycles. The molecule has 1 aliphatic rings. The minimum Gasteiger partial charge on any atom is -0.300 e. The molecule has 1 aliphatic heterocycles. The van der Waals surface area contributed by atoms with Crippen molar-refractivity contribution in [2.24, 2.45) is 0 Å². The van der Waals surface area contributed by atoms with Crippen molar-refractivity contribution in [1.82, 2.24) is 14.7 Å². The molecule has 0 radical (unpaired) electrons. The van der Waals surface area contributed by atoms with Gasteiger partial charge in [0, 0.05) is 31.7 Å². The summed E-state index contributed by atoms with van der Waals surface area (Å²) in [6, 6.07) is 3.12. The first-order valence-corrected chi connectivity index (χ1v) is 6.14. The second kappa shape index (κ2) is 5.21. The molecule has 0 amide bonds. The van der Waals surface area contributed by atoms with Crippen molar-refractivity contribution in [1.29, 1.82) is 5.26 Å². The number of nitriles is 1. The van der Waals surface area contributed by atoms with Crippen LogP contribution < -0.4 is 0 Å². The molecule has 0 aliphatic carbocycles. The van der Waals surface area contributed by atoms with Gasteiger partial charge in [-0.1, -0.05) is 0 Å². The van der Waals surface area contributed by atoms with Gasteiger partial charge < -0.3 is 4.90 Å². The molecule has 0 aromatic carbocycles. The van der Waals surface area contributed by atoms with Crippen LogP contribution in [0.2, 0.25) is 0 Å². The Hall–Kier alpha value is -1.55. The Balaban J connectivity index is 2.08. The number of aryl methyl sites for hydroxylation is 1. The minimum absolute atomic E-state index is 0.0326. The molecule has 0 saturated carbocycles. The van der Waals surface area contributed by atoms with Crippen molar-refractivity contribution in [3.05, 3.63) is 17.5 Å². The third-order valence-electron chi connectivity index (χ3n) is 3.35. The SMILES string of the molecule is Cc1cc(C(F)(F)F)nn1C1CCN(CCC#N)C1. The van der Waals surface area contributed by atoms with Crippen LogP contribution >= 0.6 is 0 Å². The lowest BCUT2D eigenvalue weighted by Gasteiger charge is -2.15. The van der Waals surface area contributed by atoms with Crippen molar-refractivity contribution >= 4 is 0 Å². The zero-order valence-corrected chi connectivity index (χ0v) is 10.6. The molecule has 19 heavy (non-hydrogen) atoms. The number of hydrogen-bond acceptors (Lipinski definition) is 3. The average molecular weight is 272 g/mol. The van der Waals surface area contributed by atoms with E-state index in [4.69, 9.17) is 5.26 Å². The highest BCUT2D eigenvalue weighted by atomic mass is 19.4. The van der Waals surface area contributed by atoms with Crippen molar-refractivity contribution in [2.45, 2.75) is 32.0 Å². The van der Waals surface area contributed by atoms with Gasteiger partial charge in [-0.2, -0.15) is 23.5 Å². The fourth-order valence-corrected chi connectivity index (χ4v) is 2.42. The third kappa shape index (κ3) is 3.07. The first-order chi connectivity index (χ1) is 8.91. The van der Waals surface area contributed by atoms with Gasteiger partial charge in [0.1, 0.15) is 0 Å². The van der Waals surface area contributed by atoms with Gasteiger partial charge in [0.25, 0.3) is 0 Å². The van der Waals surface area contributed by atoms with Gasteiger partial charge in [-0.25, -0.2) is 0 Å². The molecule has 7 heteroatoms. The Morgan fingerprint density at radius 1 is 1.53 bits per heavy atom. The predicted octanol–water partition coefficient (Wildman–Crippen LogP) is 2.37. The molecule has 0 spiro atoms. The van der Waals surface area contributed by atoms with Crippen molar-refractivity contribution in [3.8, 4) is 6.07 Å². The molecule has 1 unspecified atom stereocenters. The molecule has 104 valence electrons. The van der Waals surface area contributed by atoms with Gasteiger partial charge in [0.2, 0.25) is 0 Å².